The van der Waals surface area contributed by atoms with Crippen molar-refractivity contribution >= 4 is 66.2 Å². The van der Waals surface area contributed by atoms with Gasteiger partial charge in [-0.25, -0.2) is 9.97 Å². The SMILES string of the molecule is O=C(Nc1cccc2ccccc12)c1ccc2nc3c4ncccc4c4cccnc4c3nc2c1. The second-order valence-electron chi connectivity index (χ2n) is 8.40. The number of hydrogen-bond acceptors (Lipinski definition) is 5. The minimum absolute atomic E-state index is 0.201. The lowest BCUT2D eigenvalue weighted by Gasteiger charge is -2.10. The molecular weight excluding hydrogens is 434 g/mol. The summed E-state index contributed by atoms with van der Waals surface area (Å²) in [5.74, 6) is -0.201. The van der Waals surface area contributed by atoms with Crippen LogP contribution in [0.5, 0.6) is 0 Å². The smallest absolute Gasteiger partial charge is 0.255 e. The van der Waals surface area contributed by atoms with Crippen LogP contribution in [-0.4, -0.2) is 25.8 Å². The van der Waals surface area contributed by atoms with Gasteiger partial charge in [-0.2, -0.15) is 0 Å². The third-order valence-electron chi connectivity index (χ3n) is 6.32. The van der Waals surface area contributed by atoms with Crippen LogP contribution in [-0.2, 0) is 0 Å². The van der Waals surface area contributed by atoms with Crippen LogP contribution in [0.3, 0.4) is 0 Å². The molecule has 0 atom stereocenters. The number of fused-ring (bicyclic) bond motifs is 8. The van der Waals surface area contributed by atoms with E-state index in [1.165, 1.54) is 0 Å². The van der Waals surface area contributed by atoms with Crippen LogP contribution in [0.15, 0.2) is 97.3 Å². The molecule has 7 aromatic rings. The highest BCUT2D eigenvalue weighted by Crippen LogP contribution is 2.32. The van der Waals surface area contributed by atoms with E-state index in [0.717, 1.165) is 38.3 Å². The van der Waals surface area contributed by atoms with Crippen LogP contribution >= 0.6 is 0 Å². The lowest BCUT2D eigenvalue weighted by atomic mass is 10.1. The van der Waals surface area contributed by atoms with Gasteiger partial charge in [-0.1, -0.05) is 48.5 Å². The van der Waals surface area contributed by atoms with Crippen molar-refractivity contribution in [2.75, 3.05) is 5.32 Å². The number of aromatic nitrogens is 4. The van der Waals surface area contributed by atoms with Crippen LogP contribution in [0, 0.1) is 0 Å². The van der Waals surface area contributed by atoms with E-state index < -0.39 is 0 Å². The molecule has 0 spiro atoms. The van der Waals surface area contributed by atoms with E-state index in [1.807, 2.05) is 72.8 Å². The Balaban J connectivity index is 1.39. The molecule has 35 heavy (non-hydrogen) atoms. The number of carbonyl (C=O) groups excluding carboxylic acids is 1. The van der Waals surface area contributed by atoms with Crippen LogP contribution in [0.4, 0.5) is 5.69 Å². The number of carbonyl (C=O) groups is 1. The summed E-state index contributed by atoms with van der Waals surface area (Å²) in [4.78, 5) is 32.2. The molecule has 7 rings (SSSR count). The van der Waals surface area contributed by atoms with E-state index in [2.05, 4.69) is 15.3 Å². The van der Waals surface area contributed by atoms with Crippen molar-refractivity contribution in [3.63, 3.8) is 0 Å². The Morgan fingerprint density at radius 1 is 0.600 bits per heavy atom. The quantitative estimate of drug-likeness (QED) is 0.247. The van der Waals surface area contributed by atoms with Crippen molar-refractivity contribution in [2.45, 2.75) is 0 Å². The molecule has 0 radical (unpaired) electrons. The predicted molar refractivity (Wildman–Crippen MR) is 140 cm³/mol. The van der Waals surface area contributed by atoms with Crippen LogP contribution in [0.2, 0.25) is 0 Å². The van der Waals surface area contributed by atoms with Gasteiger partial charge in [-0.3, -0.25) is 14.8 Å². The highest BCUT2D eigenvalue weighted by Gasteiger charge is 2.15. The molecule has 6 nitrogen and oxygen atoms in total. The Morgan fingerprint density at radius 2 is 1.26 bits per heavy atom. The average molecular weight is 451 g/mol. The van der Waals surface area contributed by atoms with Crippen molar-refractivity contribution in [1.82, 2.24) is 19.9 Å². The summed E-state index contributed by atoms with van der Waals surface area (Å²) in [6, 6.07) is 27.1. The molecule has 0 saturated heterocycles. The number of anilines is 1. The first-order valence-electron chi connectivity index (χ1n) is 11.3. The molecule has 164 valence electrons. The van der Waals surface area contributed by atoms with Crippen LogP contribution in [0.1, 0.15) is 10.4 Å². The predicted octanol–water partition coefficient (Wildman–Crippen LogP) is 6.28. The zero-order chi connectivity index (χ0) is 23.4. The monoisotopic (exact) mass is 451 g/mol. The van der Waals surface area contributed by atoms with Gasteiger partial charge < -0.3 is 5.32 Å². The fraction of sp³-hybridized carbons (Fsp3) is 0. The maximum Gasteiger partial charge on any atom is 0.255 e. The number of nitrogens with zero attached hydrogens (tertiary/aromatic N) is 4. The Bertz CT molecular complexity index is 1960. The fourth-order valence-electron chi connectivity index (χ4n) is 4.68. The number of nitrogens with one attached hydrogen (secondary N) is 1. The van der Waals surface area contributed by atoms with E-state index in [0.29, 0.717) is 27.6 Å². The summed E-state index contributed by atoms with van der Waals surface area (Å²) < 4.78 is 0. The summed E-state index contributed by atoms with van der Waals surface area (Å²) >= 11 is 0. The van der Waals surface area contributed by atoms with Gasteiger partial charge in [0.1, 0.15) is 11.0 Å². The van der Waals surface area contributed by atoms with Crippen LogP contribution in [0.25, 0.3) is 54.6 Å². The molecule has 0 saturated carbocycles. The molecule has 0 aliphatic carbocycles. The second kappa shape index (κ2) is 7.53. The molecule has 1 N–H and O–H groups in total. The van der Waals surface area contributed by atoms with Gasteiger partial charge in [-0.15, -0.1) is 0 Å². The molecule has 4 aromatic carbocycles. The molecule has 0 aliphatic rings. The first-order valence-corrected chi connectivity index (χ1v) is 11.3. The summed E-state index contributed by atoms with van der Waals surface area (Å²) in [7, 11) is 0. The van der Waals surface area contributed by atoms with E-state index in [9.17, 15) is 4.79 Å². The van der Waals surface area contributed by atoms with Gasteiger partial charge in [0.05, 0.1) is 22.1 Å². The van der Waals surface area contributed by atoms with E-state index >= 15 is 0 Å². The fourth-order valence-corrected chi connectivity index (χ4v) is 4.68. The van der Waals surface area contributed by atoms with E-state index in [1.54, 1.807) is 24.5 Å². The number of benzene rings is 4. The molecule has 6 heteroatoms. The molecule has 1 amide bonds. The number of rotatable bonds is 2. The van der Waals surface area contributed by atoms with Gasteiger partial charge in [0, 0.05) is 39.8 Å². The zero-order valence-electron chi connectivity index (χ0n) is 18.4. The minimum Gasteiger partial charge on any atom is -0.321 e. The van der Waals surface area contributed by atoms with Gasteiger partial charge in [0.25, 0.3) is 5.91 Å². The Morgan fingerprint density at radius 3 is 2.03 bits per heavy atom. The Kier molecular flexibility index (Phi) is 4.20. The maximum absolute atomic E-state index is 13.2. The first kappa shape index (κ1) is 19.5. The maximum atomic E-state index is 13.2. The minimum atomic E-state index is -0.201. The average Bonchev–Trinajstić information content (AvgIpc) is 2.92. The summed E-state index contributed by atoms with van der Waals surface area (Å²) in [5.41, 5.74) is 5.53. The zero-order valence-corrected chi connectivity index (χ0v) is 18.4. The van der Waals surface area contributed by atoms with Crippen molar-refractivity contribution < 1.29 is 4.79 Å². The topological polar surface area (TPSA) is 80.7 Å². The molecule has 0 fully saturated rings. The van der Waals surface area contributed by atoms with Gasteiger partial charge in [-0.05, 0) is 41.8 Å². The number of pyridine rings is 2. The van der Waals surface area contributed by atoms with Crippen molar-refractivity contribution in [2.24, 2.45) is 0 Å². The Labute approximate surface area is 199 Å². The number of hydrogen-bond donors (Lipinski definition) is 1. The highest BCUT2D eigenvalue weighted by molar-refractivity contribution is 6.21. The van der Waals surface area contributed by atoms with Crippen molar-refractivity contribution in [3.05, 3.63) is 103 Å². The van der Waals surface area contributed by atoms with Crippen molar-refractivity contribution in [3.8, 4) is 0 Å². The number of amides is 1. The third kappa shape index (κ3) is 3.08. The molecule has 3 aromatic heterocycles. The summed E-state index contributed by atoms with van der Waals surface area (Å²) in [6.45, 7) is 0. The normalized spacial score (nSPS) is 11.5. The molecular formula is C29H17N5O. The highest BCUT2D eigenvalue weighted by atomic mass is 16.1. The van der Waals surface area contributed by atoms with Gasteiger partial charge >= 0.3 is 0 Å². The van der Waals surface area contributed by atoms with Gasteiger partial charge in [0.2, 0.25) is 0 Å². The standard InChI is InChI=1S/C29H17N5O/c35-29(34-22-11-3-7-17-6-1-2-8-19(17)22)18-12-13-23-24(16-18)33-28-26-21(10-5-15-31-26)20-9-4-14-30-25(20)27(28)32-23/h1-16H,(H,34,35). The van der Waals surface area contributed by atoms with Gasteiger partial charge in [0.15, 0.2) is 0 Å². The Hall–Kier alpha value is -4.97. The third-order valence-corrected chi connectivity index (χ3v) is 6.32. The lowest BCUT2D eigenvalue weighted by molar-refractivity contribution is 0.102. The first-order chi connectivity index (χ1) is 17.3. The lowest BCUT2D eigenvalue weighted by Crippen LogP contribution is -2.12. The molecule has 0 bridgehead atoms. The summed E-state index contributed by atoms with van der Waals surface area (Å²) in [5, 5.41) is 7.07. The summed E-state index contributed by atoms with van der Waals surface area (Å²) in [6.07, 6.45) is 3.51. The van der Waals surface area contributed by atoms with E-state index in [4.69, 9.17) is 9.97 Å². The second-order valence-corrected chi connectivity index (χ2v) is 8.40. The molecule has 3 heterocycles. The molecule has 0 unspecified atom stereocenters. The van der Waals surface area contributed by atoms with Crippen LogP contribution < -0.4 is 5.32 Å². The van der Waals surface area contributed by atoms with E-state index in [-0.39, 0.29) is 5.91 Å². The largest absolute Gasteiger partial charge is 0.321 e. The van der Waals surface area contributed by atoms with Crippen molar-refractivity contribution in [1.29, 1.82) is 0 Å². The molecule has 0 aliphatic heterocycles.